The molecule has 0 atom stereocenters. The Labute approximate surface area is 243 Å². The lowest BCUT2D eigenvalue weighted by molar-refractivity contribution is -0.0649. The summed E-state index contributed by atoms with van der Waals surface area (Å²) in [7, 11) is 0. The molecule has 0 aromatic heterocycles. The molecule has 0 spiro atoms. The highest BCUT2D eigenvalue weighted by Crippen LogP contribution is 2.40. The molecular formula is C36H28N2O4. The van der Waals surface area contributed by atoms with E-state index in [2.05, 4.69) is 0 Å². The largest absolute Gasteiger partial charge is 0.285 e. The zero-order valence-electron chi connectivity index (χ0n) is 22.7. The van der Waals surface area contributed by atoms with Crippen molar-refractivity contribution in [3.8, 4) is 11.1 Å². The predicted octanol–water partition coefficient (Wildman–Crippen LogP) is 7.72. The summed E-state index contributed by atoms with van der Waals surface area (Å²) in [6, 6.07) is 40.8. The Balaban J connectivity index is 1.55. The van der Waals surface area contributed by atoms with Crippen LogP contribution >= 0.6 is 0 Å². The summed E-state index contributed by atoms with van der Waals surface area (Å²) in [4.78, 5) is 27.8. The first kappa shape index (κ1) is 26.9. The van der Waals surface area contributed by atoms with Crippen LogP contribution in [0, 0.1) is 0 Å². The molecule has 6 aromatic carbocycles. The van der Waals surface area contributed by atoms with E-state index in [4.69, 9.17) is 0 Å². The van der Waals surface area contributed by atoms with Crippen molar-refractivity contribution in [1.29, 1.82) is 0 Å². The first-order valence-corrected chi connectivity index (χ1v) is 13.6. The molecule has 0 aliphatic heterocycles. The Morgan fingerprint density at radius 2 is 0.810 bits per heavy atom. The van der Waals surface area contributed by atoms with E-state index in [1.54, 1.807) is 12.1 Å². The van der Waals surface area contributed by atoms with E-state index in [0.29, 0.717) is 21.3 Å². The number of amides is 2. The minimum Gasteiger partial charge on any atom is -0.285 e. The Bertz CT molecular complexity index is 1760. The van der Waals surface area contributed by atoms with Crippen LogP contribution in [0.4, 0.5) is 0 Å². The molecule has 0 aliphatic rings. The van der Waals surface area contributed by atoms with E-state index in [0.717, 1.165) is 32.7 Å². The molecular weight excluding hydrogens is 524 g/mol. The maximum atomic E-state index is 13.9. The molecule has 42 heavy (non-hydrogen) atoms. The summed E-state index contributed by atoms with van der Waals surface area (Å²) in [5.41, 5.74) is 3.05. The van der Waals surface area contributed by atoms with Gasteiger partial charge in [-0.15, -0.1) is 0 Å². The van der Waals surface area contributed by atoms with Gasteiger partial charge in [0.2, 0.25) is 0 Å². The second kappa shape index (κ2) is 11.7. The van der Waals surface area contributed by atoms with E-state index >= 15 is 0 Å². The third kappa shape index (κ3) is 5.24. The average molecular weight is 553 g/mol. The van der Waals surface area contributed by atoms with Gasteiger partial charge in [-0.2, -0.15) is 0 Å². The molecule has 2 N–H and O–H groups in total. The van der Waals surface area contributed by atoms with Gasteiger partial charge in [0.15, 0.2) is 0 Å². The minimum atomic E-state index is -0.601. The van der Waals surface area contributed by atoms with E-state index in [-0.39, 0.29) is 24.2 Å². The molecule has 0 saturated heterocycles. The van der Waals surface area contributed by atoms with E-state index < -0.39 is 11.8 Å². The van der Waals surface area contributed by atoms with E-state index in [1.165, 1.54) is 0 Å². The molecule has 6 rings (SSSR count). The average Bonchev–Trinajstić information content (AvgIpc) is 3.04. The van der Waals surface area contributed by atoms with Gasteiger partial charge in [0, 0.05) is 11.1 Å². The lowest BCUT2D eigenvalue weighted by Gasteiger charge is -2.23. The van der Waals surface area contributed by atoms with Crippen LogP contribution in [-0.4, -0.2) is 32.4 Å². The highest BCUT2D eigenvalue weighted by atomic mass is 16.5. The van der Waals surface area contributed by atoms with Crippen LogP contribution in [0.5, 0.6) is 0 Å². The van der Waals surface area contributed by atoms with Gasteiger partial charge in [0.1, 0.15) is 0 Å². The van der Waals surface area contributed by atoms with Crippen LogP contribution in [0.1, 0.15) is 31.8 Å². The lowest BCUT2D eigenvalue weighted by atomic mass is 9.86. The maximum Gasteiger partial charge on any atom is 0.278 e. The molecule has 2 amide bonds. The Morgan fingerprint density at radius 1 is 0.452 bits per heavy atom. The zero-order chi connectivity index (χ0) is 29.1. The summed E-state index contributed by atoms with van der Waals surface area (Å²) in [5.74, 6) is -1.20. The second-order valence-corrected chi connectivity index (χ2v) is 10.1. The Kier molecular flexibility index (Phi) is 7.47. The molecule has 0 radical (unpaired) electrons. The zero-order valence-corrected chi connectivity index (χ0v) is 22.7. The van der Waals surface area contributed by atoms with Gasteiger partial charge in [0.25, 0.3) is 11.8 Å². The highest BCUT2D eigenvalue weighted by Gasteiger charge is 2.27. The van der Waals surface area contributed by atoms with E-state index in [9.17, 15) is 20.0 Å². The summed E-state index contributed by atoms with van der Waals surface area (Å²) in [6.45, 7) is -0.0104. The van der Waals surface area contributed by atoms with Gasteiger partial charge >= 0.3 is 0 Å². The third-order valence-electron chi connectivity index (χ3n) is 7.39. The monoisotopic (exact) mass is 552 g/mol. The Morgan fingerprint density at radius 3 is 1.21 bits per heavy atom. The van der Waals surface area contributed by atoms with Crippen molar-refractivity contribution in [2.24, 2.45) is 0 Å². The number of carbonyl (C=O) groups is 2. The predicted molar refractivity (Wildman–Crippen MR) is 163 cm³/mol. The minimum absolute atomic E-state index is 0.00520. The quantitative estimate of drug-likeness (QED) is 0.157. The molecule has 6 nitrogen and oxygen atoms in total. The lowest BCUT2D eigenvalue weighted by Crippen LogP contribution is -2.29. The molecule has 6 aromatic rings. The summed E-state index contributed by atoms with van der Waals surface area (Å²) < 4.78 is 0. The normalized spacial score (nSPS) is 11.0. The summed E-state index contributed by atoms with van der Waals surface area (Å²) >= 11 is 0. The van der Waals surface area contributed by atoms with Crippen LogP contribution in [0.25, 0.3) is 32.7 Å². The first-order valence-electron chi connectivity index (χ1n) is 13.6. The fourth-order valence-corrected chi connectivity index (χ4v) is 5.37. The number of fused-ring (bicyclic) bond motifs is 2. The molecule has 0 fully saturated rings. The van der Waals surface area contributed by atoms with Crippen molar-refractivity contribution in [1.82, 2.24) is 10.1 Å². The van der Waals surface area contributed by atoms with Crippen molar-refractivity contribution in [2.45, 2.75) is 13.1 Å². The molecule has 0 unspecified atom stereocenters. The smallest absolute Gasteiger partial charge is 0.278 e. The summed E-state index contributed by atoms with van der Waals surface area (Å²) in [5, 5.41) is 26.6. The summed E-state index contributed by atoms with van der Waals surface area (Å²) in [6.07, 6.45) is 0. The fourth-order valence-electron chi connectivity index (χ4n) is 5.37. The number of nitrogens with zero attached hydrogens (tertiary/aromatic N) is 2. The molecule has 0 heterocycles. The number of hydrogen-bond donors (Lipinski definition) is 2. The maximum absolute atomic E-state index is 13.9. The fraction of sp³-hybridized carbons (Fsp3) is 0.0556. The van der Waals surface area contributed by atoms with Crippen molar-refractivity contribution in [3.05, 3.63) is 156 Å². The van der Waals surface area contributed by atoms with Crippen molar-refractivity contribution in [2.75, 3.05) is 0 Å². The number of hydroxylamine groups is 4. The highest BCUT2D eigenvalue weighted by molar-refractivity contribution is 6.18. The second-order valence-electron chi connectivity index (χ2n) is 10.1. The molecule has 6 heteroatoms. The first-order chi connectivity index (χ1) is 20.5. The van der Waals surface area contributed by atoms with Crippen molar-refractivity contribution < 1.29 is 20.0 Å². The van der Waals surface area contributed by atoms with Gasteiger partial charge in [-0.05, 0) is 44.8 Å². The number of hydrogen-bond acceptors (Lipinski definition) is 4. The SMILES string of the molecule is O=C(c1ccc2ccccc2c1-c1c(C(=O)N(O)Cc2ccccc2)ccc2ccccc12)N(O)Cc1ccccc1. The number of rotatable bonds is 7. The van der Waals surface area contributed by atoms with Gasteiger partial charge in [-0.3, -0.25) is 20.0 Å². The standard InChI is InChI=1S/C36H28N2O4/c39-35(37(41)23-25-11-3-1-4-12-25)31-21-19-27-15-7-9-17-29(27)33(31)34-30-18-10-8-16-28(30)20-22-32(34)36(40)38(42)24-26-13-5-2-6-14-26/h1-22,41-42H,23-24H2. The number of benzene rings is 6. The number of carbonyl (C=O) groups excluding carboxylic acids is 2. The Hall–Kier alpha value is -5.30. The van der Waals surface area contributed by atoms with Crippen molar-refractivity contribution >= 4 is 33.4 Å². The van der Waals surface area contributed by atoms with Crippen LogP contribution in [0.3, 0.4) is 0 Å². The van der Waals surface area contributed by atoms with Crippen LogP contribution in [-0.2, 0) is 13.1 Å². The van der Waals surface area contributed by atoms with Crippen LogP contribution in [0.2, 0.25) is 0 Å². The van der Waals surface area contributed by atoms with E-state index in [1.807, 2.05) is 121 Å². The van der Waals surface area contributed by atoms with Gasteiger partial charge in [-0.1, -0.05) is 121 Å². The molecule has 0 saturated carbocycles. The third-order valence-corrected chi connectivity index (χ3v) is 7.39. The molecule has 0 bridgehead atoms. The van der Waals surface area contributed by atoms with Gasteiger partial charge in [0.05, 0.1) is 24.2 Å². The van der Waals surface area contributed by atoms with Gasteiger partial charge < -0.3 is 0 Å². The van der Waals surface area contributed by atoms with Crippen LogP contribution in [0.15, 0.2) is 133 Å². The molecule has 0 aliphatic carbocycles. The van der Waals surface area contributed by atoms with Crippen molar-refractivity contribution in [3.63, 3.8) is 0 Å². The van der Waals surface area contributed by atoms with Gasteiger partial charge in [-0.25, -0.2) is 10.1 Å². The molecule has 206 valence electrons. The topological polar surface area (TPSA) is 81.1 Å². The van der Waals surface area contributed by atoms with Crippen LogP contribution < -0.4 is 0 Å².